The second-order valence-electron chi connectivity index (χ2n) is 4.55. The minimum atomic E-state index is 0.548. The zero-order chi connectivity index (χ0) is 13.0. The normalized spacial score (nSPS) is 10.2. The minimum absolute atomic E-state index is 0.548. The highest BCUT2D eigenvalue weighted by Crippen LogP contribution is 2.18. The quantitative estimate of drug-likeness (QED) is 0.755. The van der Waals surface area contributed by atoms with E-state index >= 15 is 0 Å². The van der Waals surface area contributed by atoms with Crippen LogP contribution < -0.4 is 9.64 Å². The van der Waals surface area contributed by atoms with Crippen LogP contribution in [0.1, 0.15) is 11.1 Å². The summed E-state index contributed by atoms with van der Waals surface area (Å²) in [5, 5.41) is 0. The van der Waals surface area contributed by atoms with E-state index in [9.17, 15) is 0 Å². The fourth-order valence-electron chi connectivity index (χ4n) is 1.73. The van der Waals surface area contributed by atoms with Gasteiger partial charge in [-0.25, -0.2) is 0 Å². The predicted octanol–water partition coefficient (Wildman–Crippen LogP) is 3.78. The van der Waals surface area contributed by atoms with Gasteiger partial charge < -0.3 is 9.64 Å². The second kappa shape index (κ2) is 5.58. The van der Waals surface area contributed by atoms with Crippen LogP contribution in [0.25, 0.3) is 0 Å². The van der Waals surface area contributed by atoms with Crippen molar-refractivity contribution in [3.05, 3.63) is 59.7 Å². The van der Waals surface area contributed by atoms with Crippen LogP contribution in [0.2, 0.25) is 0 Å². The third-order valence-electron chi connectivity index (χ3n) is 3.10. The molecule has 2 nitrogen and oxygen atoms in total. The zero-order valence-corrected chi connectivity index (χ0v) is 11.2. The molecule has 2 heteroatoms. The van der Waals surface area contributed by atoms with Gasteiger partial charge in [0.15, 0.2) is 6.73 Å². The molecule has 0 fully saturated rings. The first-order chi connectivity index (χ1) is 8.66. The molecule has 0 aliphatic heterocycles. The summed E-state index contributed by atoms with van der Waals surface area (Å²) in [6.07, 6.45) is 0. The Hall–Kier alpha value is -1.96. The Morgan fingerprint density at radius 3 is 2.33 bits per heavy atom. The van der Waals surface area contributed by atoms with Crippen molar-refractivity contribution in [2.24, 2.45) is 0 Å². The number of rotatable bonds is 4. The van der Waals surface area contributed by atoms with E-state index in [2.05, 4.69) is 36.9 Å². The van der Waals surface area contributed by atoms with Gasteiger partial charge in [-0.1, -0.05) is 24.3 Å². The third kappa shape index (κ3) is 3.04. The number of anilines is 1. The van der Waals surface area contributed by atoms with Crippen LogP contribution in [0.5, 0.6) is 5.75 Å². The van der Waals surface area contributed by atoms with E-state index in [-0.39, 0.29) is 0 Å². The van der Waals surface area contributed by atoms with E-state index in [0.717, 1.165) is 5.75 Å². The summed E-state index contributed by atoms with van der Waals surface area (Å²) in [6, 6.07) is 16.3. The summed E-state index contributed by atoms with van der Waals surface area (Å²) < 4.78 is 5.72. The molecule has 0 aromatic heterocycles. The lowest BCUT2D eigenvalue weighted by Crippen LogP contribution is -2.23. The number of hydrogen-bond donors (Lipinski definition) is 0. The van der Waals surface area contributed by atoms with Gasteiger partial charge in [0.2, 0.25) is 0 Å². The molecule has 0 spiro atoms. The molecule has 0 amide bonds. The Morgan fingerprint density at radius 2 is 1.67 bits per heavy atom. The lowest BCUT2D eigenvalue weighted by molar-refractivity contribution is 0.321. The van der Waals surface area contributed by atoms with Crippen LogP contribution in [0.3, 0.4) is 0 Å². The monoisotopic (exact) mass is 241 g/mol. The van der Waals surface area contributed by atoms with Crippen molar-refractivity contribution in [2.75, 3.05) is 18.7 Å². The molecule has 0 unspecified atom stereocenters. The van der Waals surface area contributed by atoms with Gasteiger partial charge in [0.25, 0.3) is 0 Å². The molecule has 0 saturated carbocycles. The van der Waals surface area contributed by atoms with Crippen LogP contribution in [0.4, 0.5) is 5.69 Å². The molecule has 94 valence electrons. The summed E-state index contributed by atoms with van der Waals surface area (Å²) in [4.78, 5) is 2.10. The van der Waals surface area contributed by atoms with Gasteiger partial charge in [0, 0.05) is 12.7 Å². The first kappa shape index (κ1) is 12.5. The molecular weight excluding hydrogens is 222 g/mol. The average Bonchev–Trinajstić information content (AvgIpc) is 2.40. The lowest BCUT2D eigenvalue weighted by atomic mass is 10.1. The van der Waals surface area contributed by atoms with E-state index in [1.165, 1.54) is 16.8 Å². The minimum Gasteiger partial charge on any atom is -0.473 e. The van der Waals surface area contributed by atoms with E-state index < -0.39 is 0 Å². The Kier molecular flexibility index (Phi) is 3.88. The number of hydrogen-bond acceptors (Lipinski definition) is 2. The predicted molar refractivity (Wildman–Crippen MR) is 76.3 cm³/mol. The lowest BCUT2D eigenvalue weighted by Gasteiger charge is -2.20. The molecule has 0 bridgehead atoms. The van der Waals surface area contributed by atoms with Gasteiger partial charge in [0.05, 0.1) is 0 Å². The number of nitrogens with zero attached hydrogens (tertiary/aromatic N) is 1. The molecule has 0 saturated heterocycles. The third-order valence-corrected chi connectivity index (χ3v) is 3.10. The molecule has 0 aliphatic carbocycles. The van der Waals surface area contributed by atoms with Crippen molar-refractivity contribution in [2.45, 2.75) is 13.8 Å². The summed E-state index contributed by atoms with van der Waals surface area (Å²) in [5.74, 6) is 0.896. The molecule has 2 rings (SSSR count). The van der Waals surface area contributed by atoms with Crippen LogP contribution in [0, 0.1) is 13.8 Å². The second-order valence-corrected chi connectivity index (χ2v) is 4.55. The van der Waals surface area contributed by atoms with Crippen molar-refractivity contribution in [3.63, 3.8) is 0 Å². The van der Waals surface area contributed by atoms with Crippen molar-refractivity contribution in [1.82, 2.24) is 0 Å². The van der Waals surface area contributed by atoms with E-state index in [0.29, 0.717) is 6.73 Å². The van der Waals surface area contributed by atoms with Crippen LogP contribution >= 0.6 is 0 Å². The summed E-state index contributed by atoms with van der Waals surface area (Å²) in [5.41, 5.74) is 3.80. The van der Waals surface area contributed by atoms with Gasteiger partial charge >= 0.3 is 0 Å². The zero-order valence-electron chi connectivity index (χ0n) is 11.2. The fourth-order valence-corrected chi connectivity index (χ4v) is 1.73. The van der Waals surface area contributed by atoms with Crippen molar-refractivity contribution < 1.29 is 4.74 Å². The number of aryl methyl sites for hydroxylation is 2. The van der Waals surface area contributed by atoms with Crippen molar-refractivity contribution in [1.29, 1.82) is 0 Å². The standard InChI is InChI=1S/C16H19NO/c1-13-9-10-15(11-14(13)2)17(3)12-18-16-7-5-4-6-8-16/h4-11H,12H2,1-3H3. The summed E-state index contributed by atoms with van der Waals surface area (Å²) in [7, 11) is 2.03. The molecule has 18 heavy (non-hydrogen) atoms. The topological polar surface area (TPSA) is 12.5 Å². The Bertz CT molecular complexity index is 508. The van der Waals surface area contributed by atoms with E-state index in [1.54, 1.807) is 0 Å². The number of para-hydroxylation sites is 1. The van der Waals surface area contributed by atoms with Gasteiger partial charge in [-0.2, -0.15) is 0 Å². The van der Waals surface area contributed by atoms with Crippen molar-refractivity contribution >= 4 is 5.69 Å². The van der Waals surface area contributed by atoms with Gasteiger partial charge in [-0.15, -0.1) is 0 Å². The van der Waals surface area contributed by atoms with Crippen molar-refractivity contribution in [3.8, 4) is 5.75 Å². The first-order valence-corrected chi connectivity index (χ1v) is 6.13. The molecule has 0 N–H and O–H groups in total. The summed E-state index contributed by atoms with van der Waals surface area (Å²) in [6.45, 7) is 4.80. The maximum atomic E-state index is 5.72. The molecule has 0 heterocycles. The molecule has 2 aromatic carbocycles. The molecular formula is C16H19NO. The number of benzene rings is 2. The van der Waals surface area contributed by atoms with E-state index in [4.69, 9.17) is 4.74 Å². The van der Waals surface area contributed by atoms with Crippen LogP contribution in [-0.2, 0) is 0 Å². The molecule has 0 aliphatic rings. The van der Waals surface area contributed by atoms with Gasteiger partial charge in [0.1, 0.15) is 5.75 Å². The average molecular weight is 241 g/mol. The first-order valence-electron chi connectivity index (χ1n) is 6.13. The highest BCUT2D eigenvalue weighted by atomic mass is 16.5. The van der Waals surface area contributed by atoms with Gasteiger partial charge in [-0.05, 0) is 49.2 Å². The Morgan fingerprint density at radius 1 is 0.944 bits per heavy atom. The van der Waals surface area contributed by atoms with E-state index in [1.807, 2.05) is 37.4 Å². The van der Waals surface area contributed by atoms with Crippen LogP contribution in [0.15, 0.2) is 48.5 Å². The highest BCUT2D eigenvalue weighted by molar-refractivity contribution is 5.49. The largest absolute Gasteiger partial charge is 0.473 e. The van der Waals surface area contributed by atoms with Gasteiger partial charge in [-0.3, -0.25) is 0 Å². The molecule has 2 aromatic rings. The maximum absolute atomic E-state index is 5.72. The SMILES string of the molecule is Cc1ccc(N(C)COc2ccccc2)cc1C. The Labute approximate surface area is 109 Å². The highest BCUT2D eigenvalue weighted by Gasteiger charge is 2.02. The maximum Gasteiger partial charge on any atom is 0.161 e. The number of ether oxygens (including phenoxy) is 1. The van der Waals surface area contributed by atoms with Crippen LogP contribution in [-0.4, -0.2) is 13.8 Å². The molecule has 0 radical (unpaired) electrons. The smallest absolute Gasteiger partial charge is 0.161 e. The summed E-state index contributed by atoms with van der Waals surface area (Å²) >= 11 is 0. The fraction of sp³-hybridized carbons (Fsp3) is 0.250. The molecule has 0 atom stereocenters. The Balaban J connectivity index is 1.99.